The number of carbonyl (C=O) groups is 1. The lowest BCUT2D eigenvalue weighted by atomic mass is 10.3. The molecule has 1 aliphatic rings. The summed E-state index contributed by atoms with van der Waals surface area (Å²) in [5, 5.41) is 23.4. The Morgan fingerprint density at radius 1 is 1.41 bits per heavy atom. The third kappa shape index (κ3) is 3.35. The molecule has 1 saturated heterocycles. The van der Waals surface area contributed by atoms with Gasteiger partial charge in [-0.25, -0.2) is 0 Å². The molecular weight excluding hydrogens is 350 g/mol. The van der Waals surface area contributed by atoms with Gasteiger partial charge in [0.25, 0.3) is 0 Å². The molecule has 1 aliphatic heterocycles. The minimum atomic E-state index is -0.188. The van der Waals surface area contributed by atoms with Crippen LogP contribution in [0, 0.1) is 11.3 Å². The van der Waals surface area contributed by atoms with Gasteiger partial charge in [0.05, 0.1) is 41.6 Å². The van der Waals surface area contributed by atoms with Crippen LogP contribution >= 0.6 is 0 Å². The fourth-order valence-electron chi connectivity index (χ4n) is 3.03. The predicted octanol–water partition coefficient (Wildman–Crippen LogP) is 1.41. The number of amides is 1. The second kappa shape index (κ2) is 6.87. The number of nitriles is 1. The average Bonchev–Trinajstić information content (AvgIpc) is 3.31. The van der Waals surface area contributed by atoms with Crippen molar-refractivity contribution in [2.24, 2.45) is 0 Å². The van der Waals surface area contributed by atoms with Crippen LogP contribution in [0.25, 0.3) is 10.9 Å². The highest BCUT2D eigenvalue weighted by atomic mass is 16.5. The third-order valence-electron chi connectivity index (χ3n) is 4.37. The van der Waals surface area contributed by atoms with Gasteiger partial charge in [-0.2, -0.15) is 20.3 Å². The maximum Gasteiger partial charge on any atom is 0.326 e. The Morgan fingerprint density at radius 3 is 3.15 bits per heavy atom. The summed E-state index contributed by atoms with van der Waals surface area (Å²) in [6.45, 7) is 1.09. The molecule has 1 amide bonds. The standard InChI is InChI=1S/C17H15N7O3/c18-4-1-15(25)23-6-3-11(9-23)24-10-12(7-20-24)27-17-21-14-8-19-5-2-13(14)16(26)22-17/h2,5,7-8,10-11H,1,3,6,9H2,(H,21,22,26)/t11-/m1/s1. The Hall–Kier alpha value is -3.74. The number of aromatic nitrogens is 5. The number of pyridine rings is 1. The van der Waals surface area contributed by atoms with E-state index < -0.39 is 0 Å². The first-order chi connectivity index (χ1) is 13.1. The summed E-state index contributed by atoms with van der Waals surface area (Å²) in [4.78, 5) is 25.6. The largest absolute Gasteiger partial charge is 0.493 e. The van der Waals surface area contributed by atoms with Gasteiger partial charge in [-0.05, 0) is 12.5 Å². The van der Waals surface area contributed by atoms with E-state index in [-0.39, 0.29) is 30.3 Å². The minimum Gasteiger partial charge on any atom is -0.493 e. The lowest BCUT2D eigenvalue weighted by Crippen LogP contribution is -2.28. The molecule has 0 radical (unpaired) electrons. The first-order valence-electron chi connectivity index (χ1n) is 8.31. The van der Waals surface area contributed by atoms with Crippen molar-refractivity contribution in [3.05, 3.63) is 30.9 Å². The molecule has 0 saturated carbocycles. The number of ether oxygens (including phenoxy) is 1. The second-order valence-electron chi connectivity index (χ2n) is 6.10. The van der Waals surface area contributed by atoms with Crippen molar-refractivity contribution in [2.75, 3.05) is 13.1 Å². The van der Waals surface area contributed by atoms with Gasteiger partial charge in [-0.1, -0.05) is 0 Å². The Balaban J connectivity index is 1.48. The van der Waals surface area contributed by atoms with Crippen LogP contribution in [0.4, 0.5) is 0 Å². The second-order valence-corrected chi connectivity index (χ2v) is 6.10. The average molecular weight is 365 g/mol. The highest BCUT2D eigenvalue weighted by molar-refractivity contribution is 5.82. The third-order valence-corrected chi connectivity index (χ3v) is 4.37. The highest BCUT2D eigenvalue weighted by Gasteiger charge is 2.27. The Labute approximate surface area is 153 Å². The Kier molecular flexibility index (Phi) is 4.25. The summed E-state index contributed by atoms with van der Waals surface area (Å²) in [6.07, 6.45) is 6.90. The number of fused-ring (bicyclic) bond motifs is 1. The summed E-state index contributed by atoms with van der Waals surface area (Å²) in [6, 6.07) is 3.50. The summed E-state index contributed by atoms with van der Waals surface area (Å²) < 4.78 is 7.32. The van der Waals surface area contributed by atoms with Crippen molar-refractivity contribution in [3.63, 3.8) is 0 Å². The minimum absolute atomic E-state index is 0.00945. The van der Waals surface area contributed by atoms with Gasteiger partial charge >= 0.3 is 6.01 Å². The van der Waals surface area contributed by atoms with Crippen LogP contribution in [0.15, 0.2) is 30.9 Å². The first-order valence-corrected chi connectivity index (χ1v) is 8.31. The van der Waals surface area contributed by atoms with Gasteiger partial charge in [0.1, 0.15) is 6.42 Å². The molecule has 0 aromatic carbocycles. The summed E-state index contributed by atoms with van der Waals surface area (Å²) in [5.74, 6) is 0.0592. The summed E-state index contributed by atoms with van der Waals surface area (Å²) in [7, 11) is 0. The Morgan fingerprint density at radius 2 is 2.30 bits per heavy atom. The summed E-state index contributed by atoms with van der Waals surface area (Å²) in [5.41, 5.74) is 0.467. The van der Waals surface area contributed by atoms with Gasteiger partial charge in [-0.15, -0.1) is 0 Å². The van der Waals surface area contributed by atoms with Crippen LogP contribution in [0.3, 0.4) is 0 Å². The van der Waals surface area contributed by atoms with Crippen LogP contribution in [-0.2, 0) is 4.79 Å². The molecule has 0 unspecified atom stereocenters. The molecule has 3 aromatic heterocycles. The molecule has 0 aliphatic carbocycles. The van der Waals surface area contributed by atoms with Crippen LogP contribution < -0.4 is 4.74 Å². The maximum atomic E-state index is 11.8. The monoisotopic (exact) mass is 365 g/mol. The quantitative estimate of drug-likeness (QED) is 0.734. The molecule has 136 valence electrons. The predicted molar refractivity (Wildman–Crippen MR) is 91.8 cm³/mol. The van der Waals surface area contributed by atoms with Crippen molar-refractivity contribution >= 4 is 16.8 Å². The topological polar surface area (TPSA) is 130 Å². The van der Waals surface area contributed by atoms with Crippen molar-refractivity contribution < 1.29 is 14.6 Å². The molecule has 3 aromatic rings. The molecule has 1 fully saturated rings. The van der Waals surface area contributed by atoms with E-state index in [1.54, 1.807) is 28.0 Å². The van der Waals surface area contributed by atoms with E-state index in [1.807, 2.05) is 6.07 Å². The van der Waals surface area contributed by atoms with E-state index in [0.717, 1.165) is 6.42 Å². The zero-order valence-electron chi connectivity index (χ0n) is 14.2. The van der Waals surface area contributed by atoms with E-state index in [0.29, 0.717) is 29.7 Å². The number of carbonyl (C=O) groups excluding carboxylic acids is 1. The van der Waals surface area contributed by atoms with Crippen molar-refractivity contribution in [1.82, 2.24) is 29.6 Å². The van der Waals surface area contributed by atoms with Gasteiger partial charge in [0, 0.05) is 19.3 Å². The van der Waals surface area contributed by atoms with Gasteiger partial charge in [0.2, 0.25) is 11.8 Å². The van der Waals surface area contributed by atoms with Crippen molar-refractivity contribution in [3.8, 4) is 23.7 Å². The molecule has 10 nitrogen and oxygen atoms in total. The molecule has 0 bridgehead atoms. The SMILES string of the molecule is N#CCC(=O)N1CC[C@@H](n2cc(Oc3nc(O)c4ccncc4n3)cn2)C1. The number of aromatic hydroxyl groups is 1. The van der Waals surface area contributed by atoms with Gasteiger partial charge in [0.15, 0.2) is 5.75 Å². The molecule has 4 rings (SSSR count). The molecule has 1 atom stereocenters. The van der Waals surface area contributed by atoms with Gasteiger partial charge in [-0.3, -0.25) is 14.5 Å². The van der Waals surface area contributed by atoms with Crippen LogP contribution in [0.1, 0.15) is 18.9 Å². The first kappa shape index (κ1) is 16.7. The number of rotatable bonds is 4. The molecule has 27 heavy (non-hydrogen) atoms. The van der Waals surface area contributed by atoms with Gasteiger partial charge < -0.3 is 14.7 Å². The zero-order valence-corrected chi connectivity index (χ0v) is 14.2. The fourth-order valence-corrected chi connectivity index (χ4v) is 3.03. The molecule has 0 spiro atoms. The van der Waals surface area contributed by atoms with Crippen molar-refractivity contribution in [1.29, 1.82) is 5.26 Å². The fraction of sp³-hybridized carbons (Fsp3) is 0.294. The van der Waals surface area contributed by atoms with E-state index in [4.69, 9.17) is 10.00 Å². The highest BCUT2D eigenvalue weighted by Crippen LogP contribution is 2.27. The molecule has 1 N–H and O–H groups in total. The maximum absolute atomic E-state index is 11.8. The van der Waals surface area contributed by atoms with E-state index in [1.165, 1.54) is 12.4 Å². The van der Waals surface area contributed by atoms with E-state index >= 15 is 0 Å². The summed E-state index contributed by atoms with van der Waals surface area (Å²) >= 11 is 0. The molecule has 10 heteroatoms. The number of nitrogens with zero attached hydrogens (tertiary/aromatic N) is 7. The number of likely N-dealkylation sites (tertiary alicyclic amines) is 1. The van der Waals surface area contributed by atoms with Crippen LogP contribution in [-0.4, -0.2) is 53.7 Å². The molecular formula is C17H15N7O3. The zero-order chi connectivity index (χ0) is 18.8. The Bertz CT molecular complexity index is 1040. The van der Waals surface area contributed by atoms with Crippen LogP contribution in [0.5, 0.6) is 17.6 Å². The number of hydrogen-bond donors (Lipinski definition) is 1. The lowest BCUT2D eigenvalue weighted by molar-refractivity contribution is -0.129. The van der Waals surface area contributed by atoms with E-state index in [2.05, 4.69) is 20.1 Å². The van der Waals surface area contributed by atoms with E-state index in [9.17, 15) is 9.90 Å². The van der Waals surface area contributed by atoms with Crippen molar-refractivity contribution in [2.45, 2.75) is 18.9 Å². The molecule has 4 heterocycles. The van der Waals surface area contributed by atoms with Crippen LogP contribution in [0.2, 0.25) is 0 Å². The lowest BCUT2D eigenvalue weighted by Gasteiger charge is -2.14. The smallest absolute Gasteiger partial charge is 0.326 e. The normalized spacial score (nSPS) is 16.4. The number of hydrogen-bond acceptors (Lipinski definition) is 8.